The molecule has 1 aliphatic rings. The summed E-state index contributed by atoms with van der Waals surface area (Å²) in [6.45, 7) is 4.01. The lowest BCUT2D eigenvalue weighted by Crippen LogP contribution is -2.28. The van der Waals surface area contributed by atoms with Crippen molar-refractivity contribution in [2.45, 2.75) is 46.0 Å². The summed E-state index contributed by atoms with van der Waals surface area (Å²) < 4.78 is 0. The normalized spacial score (nSPS) is 19.1. The molecule has 1 N–H and O–H groups in total. The molecule has 1 rings (SSSR count). The number of allylic oxidation sites excluding steroid dienone is 2. The van der Waals surface area contributed by atoms with Gasteiger partial charge in [0.15, 0.2) is 0 Å². The van der Waals surface area contributed by atoms with E-state index in [1.807, 2.05) is 13.8 Å². The van der Waals surface area contributed by atoms with E-state index in [1.165, 1.54) is 12.8 Å². The van der Waals surface area contributed by atoms with Gasteiger partial charge < -0.3 is 5.32 Å². The van der Waals surface area contributed by atoms with E-state index >= 15 is 0 Å². The van der Waals surface area contributed by atoms with E-state index in [-0.39, 0.29) is 11.8 Å². The van der Waals surface area contributed by atoms with E-state index in [9.17, 15) is 4.79 Å². The Morgan fingerprint density at radius 3 is 2.92 bits per heavy atom. The van der Waals surface area contributed by atoms with Crippen molar-refractivity contribution in [3.8, 4) is 0 Å². The number of carbonyl (C=O) groups excluding carboxylic acids is 1. The summed E-state index contributed by atoms with van der Waals surface area (Å²) in [5.41, 5.74) is 1.14. The first-order valence-electron chi connectivity index (χ1n) is 5.24. The summed E-state index contributed by atoms with van der Waals surface area (Å²) in [4.78, 5) is 11.5. The van der Waals surface area contributed by atoms with Gasteiger partial charge in [-0.3, -0.25) is 4.79 Å². The highest BCUT2D eigenvalue weighted by Gasteiger charge is 2.12. The van der Waals surface area contributed by atoms with Crippen LogP contribution in [-0.2, 0) is 4.79 Å². The van der Waals surface area contributed by atoms with Gasteiger partial charge in [0, 0.05) is 11.6 Å². The predicted molar refractivity (Wildman–Crippen MR) is 54.1 cm³/mol. The Morgan fingerprint density at radius 1 is 1.62 bits per heavy atom. The van der Waals surface area contributed by atoms with Crippen molar-refractivity contribution >= 4 is 5.91 Å². The van der Waals surface area contributed by atoms with Crippen molar-refractivity contribution in [3.05, 3.63) is 11.8 Å². The third-order valence-corrected chi connectivity index (χ3v) is 2.63. The van der Waals surface area contributed by atoms with Gasteiger partial charge in [-0.25, -0.2) is 0 Å². The van der Waals surface area contributed by atoms with Crippen LogP contribution in [0.3, 0.4) is 0 Å². The van der Waals surface area contributed by atoms with Crippen molar-refractivity contribution in [2.75, 3.05) is 0 Å². The van der Waals surface area contributed by atoms with Crippen LogP contribution in [0.15, 0.2) is 11.8 Å². The third kappa shape index (κ3) is 3.21. The Morgan fingerprint density at radius 2 is 2.38 bits per heavy atom. The zero-order valence-electron chi connectivity index (χ0n) is 8.60. The fourth-order valence-electron chi connectivity index (χ4n) is 1.42. The van der Waals surface area contributed by atoms with Crippen LogP contribution < -0.4 is 5.32 Å². The fourth-order valence-corrected chi connectivity index (χ4v) is 1.42. The molecule has 2 nitrogen and oxygen atoms in total. The van der Waals surface area contributed by atoms with Gasteiger partial charge in [-0.1, -0.05) is 19.9 Å². The summed E-state index contributed by atoms with van der Waals surface area (Å²) in [5.74, 6) is 0.318. The molecule has 0 aromatic carbocycles. The van der Waals surface area contributed by atoms with E-state index < -0.39 is 0 Å². The van der Waals surface area contributed by atoms with Gasteiger partial charge in [-0.05, 0) is 32.1 Å². The predicted octanol–water partition coefficient (Wildman–Crippen LogP) is 2.61. The maximum Gasteiger partial charge on any atom is 0.226 e. The minimum Gasteiger partial charge on any atom is -0.330 e. The topological polar surface area (TPSA) is 29.1 Å². The molecule has 13 heavy (non-hydrogen) atoms. The van der Waals surface area contributed by atoms with Crippen molar-refractivity contribution in [1.29, 1.82) is 0 Å². The molecule has 1 atom stereocenters. The Balaban J connectivity index is 2.39. The number of hydrogen-bond acceptors (Lipinski definition) is 1. The molecule has 0 saturated heterocycles. The molecular formula is C11H19NO. The first kappa shape index (κ1) is 10.3. The molecule has 0 heterocycles. The van der Waals surface area contributed by atoms with Crippen LogP contribution >= 0.6 is 0 Å². The summed E-state index contributed by atoms with van der Waals surface area (Å²) in [5, 5.41) is 2.99. The zero-order valence-corrected chi connectivity index (χ0v) is 8.60. The molecule has 0 aromatic rings. The second-order valence-electron chi connectivity index (χ2n) is 3.77. The van der Waals surface area contributed by atoms with Crippen molar-refractivity contribution in [1.82, 2.24) is 5.32 Å². The van der Waals surface area contributed by atoms with Gasteiger partial charge in [-0.15, -0.1) is 0 Å². The lowest BCUT2D eigenvalue weighted by Gasteiger charge is -2.16. The lowest BCUT2D eigenvalue weighted by molar-refractivity contribution is -0.123. The van der Waals surface area contributed by atoms with Crippen LogP contribution in [0.25, 0.3) is 0 Å². The molecular weight excluding hydrogens is 162 g/mol. The van der Waals surface area contributed by atoms with E-state index in [1.54, 1.807) is 0 Å². The maximum absolute atomic E-state index is 11.5. The Hall–Kier alpha value is -0.790. The first-order valence-corrected chi connectivity index (χ1v) is 5.24. The van der Waals surface area contributed by atoms with Crippen LogP contribution in [0.5, 0.6) is 0 Å². The smallest absolute Gasteiger partial charge is 0.226 e. The monoisotopic (exact) mass is 181 g/mol. The van der Waals surface area contributed by atoms with Crippen LogP contribution in [-0.4, -0.2) is 5.91 Å². The number of carbonyl (C=O) groups is 1. The molecule has 0 spiro atoms. The number of rotatable bonds is 3. The Bertz CT molecular complexity index is 208. The standard InChI is InChI=1S/C11H19NO/c1-3-9(2)11(13)12-10-7-5-4-6-8-10/h7,9H,3-6,8H2,1-2H3,(H,12,13). The van der Waals surface area contributed by atoms with Gasteiger partial charge in [0.25, 0.3) is 0 Å². The molecule has 2 heteroatoms. The molecule has 1 unspecified atom stereocenters. The number of hydrogen-bond donors (Lipinski definition) is 1. The largest absolute Gasteiger partial charge is 0.330 e. The molecule has 0 radical (unpaired) electrons. The van der Waals surface area contributed by atoms with Gasteiger partial charge in [-0.2, -0.15) is 0 Å². The van der Waals surface area contributed by atoms with Crippen molar-refractivity contribution in [3.63, 3.8) is 0 Å². The quantitative estimate of drug-likeness (QED) is 0.712. The van der Waals surface area contributed by atoms with E-state index in [0.717, 1.165) is 25.0 Å². The average molecular weight is 181 g/mol. The van der Waals surface area contributed by atoms with Crippen molar-refractivity contribution < 1.29 is 4.79 Å². The van der Waals surface area contributed by atoms with Crippen LogP contribution in [0.4, 0.5) is 0 Å². The summed E-state index contributed by atoms with van der Waals surface area (Å²) in [6.07, 6.45) is 7.72. The maximum atomic E-state index is 11.5. The van der Waals surface area contributed by atoms with Crippen LogP contribution in [0.1, 0.15) is 46.0 Å². The van der Waals surface area contributed by atoms with Crippen molar-refractivity contribution in [2.24, 2.45) is 5.92 Å². The second kappa shape index (κ2) is 5.05. The Labute approximate surface area is 80.4 Å². The SMILES string of the molecule is CCC(C)C(=O)NC1=CCCCC1. The molecule has 74 valence electrons. The van der Waals surface area contributed by atoms with E-state index in [2.05, 4.69) is 11.4 Å². The number of amides is 1. The van der Waals surface area contributed by atoms with Gasteiger partial charge in [0.1, 0.15) is 0 Å². The highest BCUT2D eigenvalue weighted by atomic mass is 16.1. The zero-order chi connectivity index (χ0) is 9.68. The molecule has 1 aliphatic carbocycles. The molecule has 0 bridgehead atoms. The lowest BCUT2D eigenvalue weighted by atomic mass is 10.0. The fraction of sp³-hybridized carbons (Fsp3) is 0.727. The third-order valence-electron chi connectivity index (χ3n) is 2.63. The molecule has 0 fully saturated rings. The van der Waals surface area contributed by atoms with Gasteiger partial charge >= 0.3 is 0 Å². The van der Waals surface area contributed by atoms with E-state index in [4.69, 9.17) is 0 Å². The number of nitrogens with one attached hydrogen (secondary N) is 1. The van der Waals surface area contributed by atoms with Gasteiger partial charge in [0.2, 0.25) is 5.91 Å². The van der Waals surface area contributed by atoms with Crippen LogP contribution in [0, 0.1) is 5.92 Å². The summed E-state index contributed by atoms with van der Waals surface area (Å²) in [7, 11) is 0. The Kier molecular flexibility index (Phi) is 4.00. The molecule has 1 amide bonds. The molecule has 0 saturated carbocycles. The molecule has 0 aromatic heterocycles. The summed E-state index contributed by atoms with van der Waals surface area (Å²) >= 11 is 0. The van der Waals surface area contributed by atoms with Crippen LogP contribution in [0.2, 0.25) is 0 Å². The minimum absolute atomic E-state index is 0.142. The second-order valence-corrected chi connectivity index (χ2v) is 3.77. The first-order chi connectivity index (χ1) is 6.24. The average Bonchev–Trinajstić information content (AvgIpc) is 2.18. The molecule has 0 aliphatic heterocycles. The minimum atomic E-state index is 0.142. The van der Waals surface area contributed by atoms with E-state index in [0.29, 0.717) is 0 Å². The van der Waals surface area contributed by atoms with Gasteiger partial charge in [0.05, 0.1) is 0 Å². The summed E-state index contributed by atoms with van der Waals surface area (Å²) in [6, 6.07) is 0. The highest BCUT2D eigenvalue weighted by molar-refractivity contribution is 5.79. The highest BCUT2D eigenvalue weighted by Crippen LogP contribution is 2.15.